The number of nitrogens with zero attached hydrogens (tertiary/aromatic N) is 2. The molecule has 0 spiro atoms. The third-order valence-electron chi connectivity index (χ3n) is 4.06. The zero-order valence-electron chi connectivity index (χ0n) is 16.3. The molecular formula is C20H20Cl2N4O3S. The summed E-state index contributed by atoms with van der Waals surface area (Å²) in [6.45, 7) is 4.76. The second-order valence-electron chi connectivity index (χ2n) is 7.01. The molecule has 30 heavy (non-hydrogen) atoms. The number of nitrogens with one attached hydrogen (secondary N) is 2. The number of carbonyl (C=O) groups is 1. The van der Waals surface area contributed by atoms with Crippen LogP contribution in [0.3, 0.4) is 0 Å². The Balaban J connectivity index is 1.80. The summed E-state index contributed by atoms with van der Waals surface area (Å²) in [6, 6.07) is 12.0. The van der Waals surface area contributed by atoms with Crippen molar-refractivity contribution in [3.63, 3.8) is 0 Å². The van der Waals surface area contributed by atoms with Crippen molar-refractivity contribution in [3.05, 3.63) is 70.3 Å². The first kappa shape index (κ1) is 22.1. The first-order valence-electron chi connectivity index (χ1n) is 9.07. The molecule has 0 aliphatic carbocycles. The molecule has 3 rings (SSSR count). The first-order valence-corrected chi connectivity index (χ1v) is 11.3. The van der Waals surface area contributed by atoms with Crippen molar-refractivity contribution in [1.82, 2.24) is 9.78 Å². The van der Waals surface area contributed by atoms with Gasteiger partial charge in [-0.05, 0) is 42.3 Å². The number of sulfonamides is 1. The van der Waals surface area contributed by atoms with E-state index < -0.39 is 10.0 Å². The standard InChI is InChI=1S/C20H20Cl2N4O3S/c1-13(2)12-26-19(8-9-23-26)24-20(27)14-4-3-5-16(10-14)25-30(28,29)18-11-15(21)6-7-17(18)22/h3-11,13,25H,12H2,1-2H3,(H,24,27). The van der Waals surface area contributed by atoms with Crippen molar-refractivity contribution in [2.24, 2.45) is 5.92 Å². The fraction of sp³-hybridized carbons (Fsp3) is 0.200. The molecule has 0 unspecified atom stereocenters. The monoisotopic (exact) mass is 466 g/mol. The van der Waals surface area contributed by atoms with Gasteiger partial charge >= 0.3 is 0 Å². The summed E-state index contributed by atoms with van der Waals surface area (Å²) in [7, 11) is -3.99. The molecule has 2 aromatic carbocycles. The Bertz CT molecular complexity index is 1180. The molecule has 10 heteroatoms. The molecule has 1 heterocycles. The van der Waals surface area contributed by atoms with Gasteiger partial charge in [0.25, 0.3) is 15.9 Å². The normalized spacial score (nSPS) is 11.5. The predicted molar refractivity (Wildman–Crippen MR) is 119 cm³/mol. The Hall–Kier alpha value is -2.55. The van der Waals surface area contributed by atoms with Gasteiger partial charge in [0, 0.05) is 28.9 Å². The number of rotatable bonds is 7. The Morgan fingerprint density at radius 3 is 2.63 bits per heavy atom. The molecule has 2 N–H and O–H groups in total. The largest absolute Gasteiger partial charge is 0.307 e. The van der Waals surface area contributed by atoms with Gasteiger partial charge in [-0.1, -0.05) is 43.1 Å². The molecule has 3 aromatic rings. The van der Waals surface area contributed by atoms with E-state index in [0.29, 0.717) is 18.3 Å². The van der Waals surface area contributed by atoms with Crippen LogP contribution in [0.2, 0.25) is 10.0 Å². The van der Waals surface area contributed by atoms with Crippen LogP contribution in [0.4, 0.5) is 11.5 Å². The first-order chi connectivity index (χ1) is 14.2. The molecule has 0 aliphatic heterocycles. The lowest BCUT2D eigenvalue weighted by Crippen LogP contribution is -2.18. The highest BCUT2D eigenvalue weighted by molar-refractivity contribution is 7.92. The van der Waals surface area contributed by atoms with Gasteiger partial charge < -0.3 is 5.32 Å². The lowest BCUT2D eigenvalue weighted by Gasteiger charge is -2.12. The quantitative estimate of drug-likeness (QED) is 0.517. The molecule has 1 aromatic heterocycles. The zero-order valence-corrected chi connectivity index (χ0v) is 18.6. The Labute approximate surface area is 185 Å². The second kappa shape index (κ2) is 9.07. The molecule has 0 fully saturated rings. The molecule has 0 saturated heterocycles. The van der Waals surface area contributed by atoms with Gasteiger partial charge in [-0.2, -0.15) is 5.10 Å². The molecule has 0 radical (unpaired) electrons. The van der Waals surface area contributed by atoms with Gasteiger partial charge in [0.05, 0.1) is 11.2 Å². The van der Waals surface area contributed by atoms with Crippen molar-refractivity contribution in [2.75, 3.05) is 10.0 Å². The molecule has 0 atom stereocenters. The number of amides is 1. The molecule has 0 aliphatic rings. The number of carbonyl (C=O) groups excluding carboxylic acids is 1. The maximum absolute atomic E-state index is 12.7. The van der Waals surface area contributed by atoms with Crippen LogP contribution >= 0.6 is 23.2 Å². The fourth-order valence-electron chi connectivity index (χ4n) is 2.74. The summed E-state index contributed by atoms with van der Waals surface area (Å²) in [5.41, 5.74) is 0.499. The average molecular weight is 467 g/mol. The minimum atomic E-state index is -3.99. The molecule has 7 nitrogen and oxygen atoms in total. The van der Waals surface area contributed by atoms with Crippen LogP contribution in [0.25, 0.3) is 0 Å². The number of benzene rings is 2. The highest BCUT2D eigenvalue weighted by Gasteiger charge is 2.19. The van der Waals surface area contributed by atoms with Gasteiger partial charge in [-0.15, -0.1) is 0 Å². The molecular weight excluding hydrogens is 447 g/mol. The van der Waals surface area contributed by atoms with E-state index in [9.17, 15) is 13.2 Å². The number of hydrogen-bond acceptors (Lipinski definition) is 4. The topological polar surface area (TPSA) is 93.1 Å². The van der Waals surface area contributed by atoms with E-state index in [1.807, 2.05) is 0 Å². The van der Waals surface area contributed by atoms with Gasteiger partial charge in [0.1, 0.15) is 10.7 Å². The Morgan fingerprint density at radius 1 is 1.13 bits per heavy atom. The second-order valence-corrected chi connectivity index (χ2v) is 9.50. The summed E-state index contributed by atoms with van der Waals surface area (Å²) in [6.07, 6.45) is 1.61. The van der Waals surface area contributed by atoms with Crippen molar-refractivity contribution in [1.29, 1.82) is 0 Å². The third kappa shape index (κ3) is 5.33. The smallest absolute Gasteiger partial charge is 0.263 e. The zero-order chi connectivity index (χ0) is 21.9. The average Bonchev–Trinajstić information content (AvgIpc) is 3.09. The van der Waals surface area contributed by atoms with Crippen LogP contribution in [-0.2, 0) is 16.6 Å². The van der Waals surface area contributed by atoms with Crippen LogP contribution in [0.5, 0.6) is 0 Å². The Morgan fingerprint density at radius 2 is 1.90 bits per heavy atom. The van der Waals surface area contributed by atoms with Gasteiger partial charge in [-0.25, -0.2) is 13.1 Å². The minimum Gasteiger partial charge on any atom is -0.307 e. The summed E-state index contributed by atoms with van der Waals surface area (Å²) in [5.74, 6) is 0.532. The maximum Gasteiger partial charge on any atom is 0.263 e. The minimum absolute atomic E-state index is 0.0409. The predicted octanol–water partition coefficient (Wildman–Crippen LogP) is 4.90. The van der Waals surface area contributed by atoms with Crippen LogP contribution in [0.15, 0.2) is 59.6 Å². The summed E-state index contributed by atoms with van der Waals surface area (Å²) >= 11 is 11.9. The van der Waals surface area contributed by atoms with E-state index in [0.717, 1.165) is 0 Å². The van der Waals surface area contributed by atoms with E-state index in [1.165, 1.54) is 30.3 Å². The molecule has 1 amide bonds. The molecule has 158 valence electrons. The fourth-order valence-corrected chi connectivity index (χ4v) is 4.55. The SMILES string of the molecule is CC(C)Cn1nccc1NC(=O)c1cccc(NS(=O)(=O)c2cc(Cl)ccc2Cl)c1. The van der Waals surface area contributed by atoms with E-state index in [-0.39, 0.29) is 32.1 Å². The number of aromatic nitrogens is 2. The van der Waals surface area contributed by atoms with Crippen LogP contribution in [0.1, 0.15) is 24.2 Å². The van der Waals surface area contributed by atoms with E-state index in [1.54, 1.807) is 29.1 Å². The van der Waals surface area contributed by atoms with Crippen molar-refractivity contribution in [3.8, 4) is 0 Å². The summed E-state index contributed by atoms with van der Waals surface area (Å²) < 4.78 is 29.5. The van der Waals surface area contributed by atoms with Crippen LogP contribution < -0.4 is 10.0 Å². The van der Waals surface area contributed by atoms with E-state index in [2.05, 4.69) is 29.0 Å². The molecule has 0 saturated carbocycles. The van der Waals surface area contributed by atoms with Crippen LogP contribution in [0, 0.1) is 5.92 Å². The van der Waals surface area contributed by atoms with Crippen molar-refractivity contribution >= 4 is 50.6 Å². The number of hydrogen-bond donors (Lipinski definition) is 2. The maximum atomic E-state index is 12.7. The lowest BCUT2D eigenvalue weighted by molar-refractivity contribution is 0.102. The van der Waals surface area contributed by atoms with E-state index >= 15 is 0 Å². The Kier molecular flexibility index (Phi) is 6.70. The van der Waals surface area contributed by atoms with E-state index in [4.69, 9.17) is 23.2 Å². The van der Waals surface area contributed by atoms with Gasteiger partial charge in [-0.3, -0.25) is 9.52 Å². The van der Waals surface area contributed by atoms with Crippen molar-refractivity contribution < 1.29 is 13.2 Å². The number of halogens is 2. The summed E-state index contributed by atoms with van der Waals surface area (Å²) in [5, 5.41) is 7.28. The lowest BCUT2D eigenvalue weighted by atomic mass is 10.2. The van der Waals surface area contributed by atoms with Crippen LogP contribution in [-0.4, -0.2) is 24.1 Å². The third-order valence-corrected chi connectivity index (χ3v) is 6.15. The molecule has 0 bridgehead atoms. The highest BCUT2D eigenvalue weighted by atomic mass is 35.5. The van der Waals surface area contributed by atoms with Gasteiger partial charge in [0.2, 0.25) is 0 Å². The summed E-state index contributed by atoms with van der Waals surface area (Å²) in [4.78, 5) is 12.5. The van der Waals surface area contributed by atoms with Crippen molar-refractivity contribution in [2.45, 2.75) is 25.3 Å². The van der Waals surface area contributed by atoms with Gasteiger partial charge in [0.15, 0.2) is 0 Å². The number of anilines is 2. The highest BCUT2D eigenvalue weighted by Crippen LogP contribution is 2.27.